The van der Waals surface area contributed by atoms with E-state index in [4.69, 9.17) is 9.84 Å². The minimum absolute atomic E-state index is 0.0292. The van der Waals surface area contributed by atoms with Crippen LogP contribution in [0.2, 0.25) is 0 Å². The van der Waals surface area contributed by atoms with Gasteiger partial charge in [0, 0.05) is 11.4 Å². The minimum atomic E-state index is -3.82. The number of hydrogen-bond acceptors (Lipinski definition) is 5. The first kappa shape index (κ1) is 15.3. The summed E-state index contributed by atoms with van der Waals surface area (Å²) in [6.07, 6.45) is 0. The van der Waals surface area contributed by atoms with Crippen molar-refractivity contribution < 1.29 is 23.1 Å². The van der Waals surface area contributed by atoms with Gasteiger partial charge in [-0.1, -0.05) is 6.07 Å². The van der Waals surface area contributed by atoms with Gasteiger partial charge in [0.2, 0.25) is 0 Å². The highest BCUT2D eigenvalue weighted by Crippen LogP contribution is 2.24. The smallest absolute Gasteiger partial charge is 0.345 e. The van der Waals surface area contributed by atoms with Gasteiger partial charge in [0.15, 0.2) is 0 Å². The molecule has 0 aliphatic carbocycles. The van der Waals surface area contributed by atoms with Gasteiger partial charge in [-0.2, -0.15) is 0 Å². The number of benzene rings is 1. The Hall–Kier alpha value is -2.06. The number of carboxylic acid groups (broad SMARTS) is 1. The number of rotatable bonds is 6. The molecule has 0 saturated carbocycles. The van der Waals surface area contributed by atoms with Crippen molar-refractivity contribution >= 4 is 33.0 Å². The lowest BCUT2D eigenvalue weighted by Gasteiger charge is -2.08. The van der Waals surface area contributed by atoms with Crippen LogP contribution in [0.25, 0.3) is 0 Å². The van der Waals surface area contributed by atoms with Crippen molar-refractivity contribution in [2.45, 2.75) is 11.8 Å². The fourth-order valence-electron chi connectivity index (χ4n) is 1.60. The van der Waals surface area contributed by atoms with Crippen LogP contribution in [0.3, 0.4) is 0 Å². The lowest BCUT2D eigenvalue weighted by molar-refractivity contribution is 0.0702. The molecule has 0 aliphatic heterocycles. The highest BCUT2D eigenvalue weighted by Gasteiger charge is 2.18. The highest BCUT2D eigenvalue weighted by molar-refractivity contribution is 7.92. The molecule has 0 spiro atoms. The van der Waals surface area contributed by atoms with Crippen molar-refractivity contribution in [1.82, 2.24) is 0 Å². The van der Waals surface area contributed by atoms with Crippen molar-refractivity contribution in [1.29, 1.82) is 0 Å². The fraction of sp³-hybridized carbons (Fsp3) is 0.154. The molecule has 0 saturated heterocycles. The Bertz CT molecular complexity index is 751. The van der Waals surface area contributed by atoms with Gasteiger partial charge in [0.25, 0.3) is 10.0 Å². The Kier molecular flexibility index (Phi) is 4.49. The van der Waals surface area contributed by atoms with Crippen LogP contribution >= 0.6 is 11.3 Å². The zero-order valence-corrected chi connectivity index (χ0v) is 12.7. The van der Waals surface area contributed by atoms with Crippen LogP contribution in [0.1, 0.15) is 16.6 Å². The van der Waals surface area contributed by atoms with Gasteiger partial charge in [0.1, 0.15) is 10.6 Å². The predicted octanol–water partition coefficient (Wildman–Crippen LogP) is 2.65. The third-order valence-electron chi connectivity index (χ3n) is 2.49. The van der Waals surface area contributed by atoms with E-state index in [0.29, 0.717) is 18.0 Å². The molecule has 1 heterocycles. The zero-order chi connectivity index (χ0) is 15.5. The summed E-state index contributed by atoms with van der Waals surface area (Å²) in [5.74, 6) is -0.603. The van der Waals surface area contributed by atoms with Crippen LogP contribution < -0.4 is 9.46 Å². The van der Waals surface area contributed by atoms with E-state index >= 15 is 0 Å². The molecule has 6 nitrogen and oxygen atoms in total. The Balaban J connectivity index is 2.24. The molecular weight excluding hydrogens is 314 g/mol. The largest absolute Gasteiger partial charge is 0.494 e. The summed E-state index contributed by atoms with van der Waals surface area (Å²) in [6, 6.07) is 7.66. The van der Waals surface area contributed by atoms with Crippen molar-refractivity contribution in [2.75, 3.05) is 11.3 Å². The molecule has 0 atom stereocenters. The Labute approximate surface area is 126 Å². The van der Waals surface area contributed by atoms with Crippen molar-refractivity contribution in [3.63, 3.8) is 0 Å². The maximum atomic E-state index is 12.2. The third kappa shape index (κ3) is 3.73. The quantitative estimate of drug-likeness (QED) is 0.851. The normalized spacial score (nSPS) is 11.1. The molecule has 0 unspecified atom stereocenters. The lowest BCUT2D eigenvalue weighted by Crippen LogP contribution is -2.12. The van der Waals surface area contributed by atoms with Gasteiger partial charge >= 0.3 is 5.97 Å². The summed E-state index contributed by atoms with van der Waals surface area (Å²) < 4.78 is 32.0. The number of anilines is 1. The van der Waals surface area contributed by atoms with Gasteiger partial charge in [-0.25, -0.2) is 13.2 Å². The second-order valence-corrected chi connectivity index (χ2v) is 6.61. The van der Waals surface area contributed by atoms with E-state index in [9.17, 15) is 13.2 Å². The Morgan fingerprint density at radius 1 is 1.38 bits per heavy atom. The van der Waals surface area contributed by atoms with E-state index in [1.807, 2.05) is 6.92 Å². The summed E-state index contributed by atoms with van der Waals surface area (Å²) >= 11 is 0.863. The first-order chi connectivity index (χ1) is 9.92. The van der Waals surface area contributed by atoms with E-state index in [0.717, 1.165) is 17.4 Å². The number of ether oxygens (including phenoxy) is 1. The maximum absolute atomic E-state index is 12.2. The average molecular weight is 327 g/mol. The zero-order valence-electron chi connectivity index (χ0n) is 11.1. The first-order valence-electron chi connectivity index (χ1n) is 6.00. The van der Waals surface area contributed by atoms with E-state index in [1.165, 1.54) is 5.38 Å². The van der Waals surface area contributed by atoms with Crippen LogP contribution in [0.4, 0.5) is 5.69 Å². The summed E-state index contributed by atoms with van der Waals surface area (Å²) in [4.78, 5) is 10.7. The first-order valence-corrected chi connectivity index (χ1v) is 8.36. The second kappa shape index (κ2) is 6.15. The summed E-state index contributed by atoms with van der Waals surface area (Å²) in [6.45, 7) is 2.30. The molecule has 112 valence electrons. The van der Waals surface area contributed by atoms with Crippen molar-refractivity contribution in [3.8, 4) is 5.75 Å². The molecular formula is C13H13NO5S2. The van der Waals surface area contributed by atoms with Gasteiger partial charge in [-0.05, 0) is 25.1 Å². The average Bonchev–Trinajstić information content (AvgIpc) is 2.89. The van der Waals surface area contributed by atoms with E-state index in [2.05, 4.69) is 4.72 Å². The second-order valence-electron chi connectivity index (χ2n) is 4.02. The van der Waals surface area contributed by atoms with Crippen LogP contribution in [-0.2, 0) is 10.0 Å². The summed E-state index contributed by atoms with van der Waals surface area (Å²) in [5, 5.41) is 10.1. The molecule has 8 heteroatoms. The Morgan fingerprint density at radius 3 is 2.76 bits per heavy atom. The number of thiophene rings is 1. The molecule has 0 aliphatic rings. The molecule has 0 bridgehead atoms. The molecule has 2 N–H and O–H groups in total. The van der Waals surface area contributed by atoms with E-state index < -0.39 is 16.0 Å². The SMILES string of the molecule is CCOc1cccc(NS(=O)(=O)c2csc(C(=O)O)c2)c1. The number of carboxylic acids is 1. The molecule has 2 aromatic rings. The van der Waals surface area contributed by atoms with E-state index in [-0.39, 0.29) is 9.77 Å². The molecule has 0 fully saturated rings. The summed E-state index contributed by atoms with van der Waals surface area (Å²) in [5.41, 5.74) is 0.351. The fourth-order valence-corrected chi connectivity index (χ4v) is 3.76. The molecule has 2 rings (SSSR count). The molecule has 0 amide bonds. The van der Waals surface area contributed by atoms with Gasteiger partial charge < -0.3 is 9.84 Å². The molecule has 1 aromatic heterocycles. The van der Waals surface area contributed by atoms with Crippen LogP contribution in [0, 0.1) is 0 Å². The summed E-state index contributed by atoms with van der Waals surface area (Å²) in [7, 11) is -3.82. The third-order valence-corrected chi connectivity index (χ3v) is 4.92. The monoisotopic (exact) mass is 327 g/mol. The van der Waals surface area contributed by atoms with Crippen LogP contribution in [0.15, 0.2) is 40.6 Å². The molecule has 0 radical (unpaired) electrons. The maximum Gasteiger partial charge on any atom is 0.345 e. The van der Waals surface area contributed by atoms with Crippen molar-refractivity contribution in [2.24, 2.45) is 0 Å². The number of hydrogen-bond donors (Lipinski definition) is 2. The van der Waals surface area contributed by atoms with Crippen LogP contribution in [0.5, 0.6) is 5.75 Å². The lowest BCUT2D eigenvalue weighted by atomic mass is 10.3. The van der Waals surface area contributed by atoms with Gasteiger partial charge in [0.05, 0.1) is 17.2 Å². The highest BCUT2D eigenvalue weighted by atomic mass is 32.2. The van der Waals surface area contributed by atoms with Crippen molar-refractivity contribution in [3.05, 3.63) is 40.6 Å². The molecule has 21 heavy (non-hydrogen) atoms. The van der Waals surface area contributed by atoms with E-state index in [1.54, 1.807) is 24.3 Å². The minimum Gasteiger partial charge on any atom is -0.494 e. The number of carbonyl (C=O) groups is 1. The Morgan fingerprint density at radius 2 is 2.14 bits per heavy atom. The van der Waals surface area contributed by atoms with Gasteiger partial charge in [-0.15, -0.1) is 11.3 Å². The predicted molar refractivity (Wildman–Crippen MR) is 79.7 cm³/mol. The number of aromatic carboxylic acids is 1. The number of nitrogens with one attached hydrogen (secondary N) is 1. The topological polar surface area (TPSA) is 92.7 Å². The van der Waals surface area contributed by atoms with Gasteiger partial charge in [-0.3, -0.25) is 4.72 Å². The molecule has 1 aromatic carbocycles. The van der Waals surface area contributed by atoms with Crippen LogP contribution in [-0.4, -0.2) is 26.1 Å². The standard InChI is InChI=1S/C13H13NO5S2/c1-2-19-10-5-3-4-9(6-10)14-21(17,18)11-7-12(13(15)16)20-8-11/h3-8,14H,2H2,1H3,(H,15,16). The number of sulfonamides is 1.